The Hall–Kier alpha value is -3.30. The number of pyridine rings is 1. The van der Waals surface area contributed by atoms with Gasteiger partial charge in [-0.15, -0.1) is 0 Å². The fourth-order valence-corrected chi connectivity index (χ4v) is 5.56. The van der Waals surface area contributed by atoms with Gasteiger partial charge in [0.1, 0.15) is 17.7 Å². The van der Waals surface area contributed by atoms with Crippen LogP contribution in [0.15, 0.2) is 30.5 Å². The fraction of sp³-hybridized carbons (Fsp3) is 0.440. The van der Waals surface area contributed by atoms with E-state index in [1.807, 2.05) is 7.05 Å². The van der Waals surface area contributed by atoms with E-state index in [-0.39, 0.29) is 22.7 Å². The van der Waals surface area contributed by atoms with Crippen LogP contribution in [-0.2, 0) is 11.0 Å². The van der Waals surface area contributed by atoms with Gasteiger partial charge in [0, 0.05) is 24.8 Å². The number of halogens is 4. The minimum absolute atomic E-state index is 0.0762. The van der Waals surface area contributed by atoms with E-state index in [9.17, 15) is 18.0 Å². The van der Waals surface area contributed by atoms with Gasteiger partial charge in [0.2, 0.25) is 0 Å². The van der Waals surface area contributed by atoms with Crippen LogP contribution in [0.2, 0.25) is 0 Å². The topological polar surface area (TPSA) is 72.7 Å². The predicted molar refractivity (Wildman–Crippen MR) is 131 cm³/mol. The first kappa shape index (κ1) is 25.4. The van der Waals surface area contributed by atoms with Crippen LogP contribution in [0.25, 0.3) is 0 Å². The van der Waals surface area contributed by atoms with Crippen molar-refractivity contribution in [2.45, 2.75) is 49.9 Å². The van der Waals surface area contributed by atoms with Crippen molar-refractivity contribution < 1.29 is 27.1 Å². The molecule has 12 heteroatoms. The Kier molecular flexibility index (Phi) is 6.32. The molecule has 1 saturated carbocycles. The lowest BCUT2D eigenvalue weighted by atomic mass is 9.75. The third kappa shape index (κ3) is 4.30. The van der Waals surface area contributed by atoms with Crippen LogP contribution < -0.4 is 14.5 Å². The Morgan fingerprint density at radius 2 is 1.89 bits per heavy atom. The summed E-state index contributed by atoms with van der Waals surface area (Å²) in [4.78, 5) is 21.9. The van der Waals surface area contributed by atoms with Gasteiger partial charge in [-0.25, -0.2) is 9.37 Å². The summed E-state index contributed by atoms with van der Waals surface area (Å²) in [6.07, 6.45) is -0.852. The average molecular weight is 534 g/mol. The van der Waals surface area contributed by atoms with Gasteiger partial charge in [0.15, 0.2) is 22.4 Å². The number of alkyl halides is 3. The molecule has 0 bridgehead atoms. The number of hydrogen-bond acceptors (Lipinski definition) is 6. The molecule has 37 heavy (non-hydrogen) atoms. The summed E-state index contributed by atoms with van der Waals surface area (Å²) in [5.41, 5.74) is -3.06. The highest BCUT2D eigenvalue weighted by Gasteiger charge is 2.60. The van der Waals surface area contributed by atoms with Gasteiger partial charge in [-0.2, -0.15) is 18.4 Å². The minimum atomic E-state index is -4.85. The molecule has 1 spiro atoms. The van der Waals surface area contributed by atoms with Crippen molar-refractivity contribution in [3.63, 3.8) is 0 Å². The van der Waals surface area contributed by atoms with Crippen molar-refractivity contribution in [2.24, 2.45) is 0 Å². The molecule has 0 atom stereocenters. The number of nitriles is 1. The van der Waals surface area contributed by atoms with Crippen molar-refractivity contribution in [2.75, 3.05) is 29.9 Å². The number of hydrogen-bond donors (Lipinski definition) is 0. The van der Waals surface area contributed by atoms with Crippen molar-refractivity contribution in [3.8, 4) is 11.8 Å². The lowest BCUT2D eigenvalue weighted by molar-refractivity contribution is -0.138. The first-order valence-electron chi connectivity index (χ1n) is 11.9. The number of carbonyl (C=O) groups is 1. The molecule has 1 aromatic heterocycles. The molecular formula is C25H23F4N5O2S. The quantitative estimate of drug-likeness (QED) is 0.419. The van der Waals surface area contributed by atoms with Gasteiger partial charge >= 0.3 is 6.18 Å². The number of likely N-dealkylation sites (tertiary alicyclic amines) is 1. The van der Waals surface area contributed by atoms with Gasteiger partial charge in [0.25, 0.3) is 5.91 Å². The second-order valence-electron chi connectivity index (χ2n) is 9.58. The average Bonchev–Trinajstić information content (AvgIpc) is 3.07. The van der Waals surface area contributed by atoms with E-state index in [1.165, 1.54) is 23.1 Å². The Bertz CT molecular complexity index is 1300. The molecule has 1 aliphatic carbocycles. The summed E-state index contributed by atoms with van der Waals surface area (Å²) >= 11 is 5.57. The largest absolute Gasteiger partial charge is 0.487 e. The number of nitrogens with zero attached hydrogens (tertiary/aromatic N) is 5. The van der Waals surface area contributed by atoms with Gasteiger partial charge in [-0.05, 0) is 69.6 Å². The second-order valence-corrected chi connectivity index (χ2v) is 9.94. The summed E-state index contributed by atoms with van der Waals surface area (Å²) in [5.74, 6) is -1.02. The first-order valence-corrected chi connectivity index (χ1v) is 12.3. The van der Waals surface area contributed by atoms with E-state index in [2.05, 4.69) is 9.88 Å². The Morgan fingerprint density at radius 3 is 2.46 bits per heavy atom. The van der Waals surface area contributed by atoms with Crippen LogP contribution in [0.4, 0.5) is 28.9 Å². The van der Waals surface area contributed by atoms with Crippen LogP contribution in [0.5, 0.6) is 5.75 Å². The zero-order valence-electron chi connectivity index (χ0n) is 19.9. The highest BCUT2D eigenvalue weighted by atomic mass is 32.1. The molecule has 0 unspecified atom stereocenters. The standard InChI is InChI=1S/C25H23F4N5O2S/c1-32-9-5-17(6-10-32)36-21-4-3-15(12-19(21)26)34-23(37)33(22(35)24(34)7-2-8-24)16-11-18(25(27,28)29)20(13-30)31-14-16/h3-4,11-12,14,17H,2,5-10H2,1H3. The lowest BCUT2D eigenvalue weighted by Gasteiger charge is -2.43. The third-order valence-electron chi connectivity index (χ3n) is 7.27. The van der Waals surface area contributed by atoms with E-state index in [1.54, 1.807) is 6.07 Å². The van der Waals surface area contributed by atoms with E-state index in [4.69, 9.17) is 22.2 Å². The van der Waals surface area contributed by atoms with E-state index in [0.29, 0.717) is 31.0 Å². The molecule has 2 aliphatic heterocycles. The Balaban J connectivity index is 1.47. The van der Waals surface area contributed by atoms with Crippen molar-refractivity contribution >= 4 is 34.6 Å². The number of aromatic nitrogens is 1. The van der Waals surface area contributed by atoms with Crippen molar-refractivity contribution in [1.82, 2.24) is 9.88 Å². The Labute approximate surface area is 216 Å². The molecule has 2 saturated heterocycles. The molecule has 0 radical (unpaired) electrons. The van der Waals surface area contributed by atoms with Crippen LogP contribution in [0.3, 0.4) is 0 Å². The first-order chi connectivity index (χ1) is 17.5. The SMILES string of the molecule is CN1CCC(Oc2ccc(N3C(=S)N(c4cnc(C#N)c(C(F)(F)F)c4)C(=O)C34CCC4)cc2F)CC1. The molecule has 3 fully saturated rings. The number of thiocarbonyl (C=S) groups is 1. The molecule has 3 aliphatic rings. The highest BCUT2D eigenvalue weighted by molar-refractivity contribution is 7.81. The molecule has 3 heterocycles. The molecular weight excluding hydrogens is 510 g/mol. The van der Waals surface area contributed by atoms with Gasteiger partial charge < -0.3 is 14.5 Å². The summed E-state index contributed by atoms with van der Waals surface area (Å²) < 4.78 is 61.7. The van der Waals surface area contributed by atoms with Crippen molar-refractivity contribution in [3.05, 3.63) is 47.5 Å². The van der Waals surface area contributed by atoms with E-state index < -0.39 is 34.7 Å². The molecule has 2 aromatic rings. The Morgan fingerprint density at radius 1 is 1.19 bits per heavy atom. The highest BCUT2D eigenvalue weighted by Crippen LogP contribution is 2.48. The van der Waals surface area contributed by atoms with Gasteiger partial charge in [-0.1, -0.05) is 0 Å². The number of anilines is 2. The van der Waals surface area contributed by atoms with Gasteiger partial charge in [-0.3, -0.25) is 9.69 Å². The number of amides is 1. The normalized spacial score (nSPS) is 20.3. The second kappa shape index (κ2) is 9.22. The zero-order chi connectivity index (χ0) is 26.5. The maximum absolute atomic E-state index is 15.2. The maximum Gasteiger partial charge on any atom is 0.419 e. The summed E-state index contributed by atoms with van der Waals surface area (Å²) in [7, 11) is 2.02. The number of rotatable bonds is 4. The number of piperidine rings is 1. The summed E-state index contributed by atoms with van der Waals surface area (Å²) in [6, 6.07) is 6.47. The monoisotopic (exact) mass is 533 g/mol. The van der Waals surface area contributed by atoms with E-state index in [0.717, 1.165) is 37.0 Å². The molecule has 1 aromatic carbocycles. The number of benzene rings is 1. The van der Waals surface area contributed by atoms with Crippen LogP contribution >= 0.6 is 12.2 Å². The maximum atomic E-state index is 15.2. The predicted octanol–water partition coefficient (Wildman–Crippen LogP) is 4.64. The number of carbonyl (C=O) groups excluding carboxylic acids is 1. The molecule has 5 rings (SSSR count). The number of ether oxygens (including phenoxy) is 1. The molecule has 194 valence electrons. The fourth-order valence-electron chi connectivity index (χ4n) is 5.10. The van der Waals surface area contributed by atoms with Crippen LogP contribution in [-0.4, -0.2) is 52.7 Å². The molecule has 7 nitrogen and oxygen atoms in total. The minimum Gasteiger partial charge on any atom is -0.487 e. The molecule has 1 amide bonds. The van der Waals surface area contributed by atoms with Crippen LogP contribution in [0, 0.1) is 17.1 Å². The third-order valence-corrected chi connectivity index (χ3v) is 7.63. The van der Waals surface area contributed by atoms with Gasteiger partial charge in [0.05, 0.1) is 17.4 Å². The lowest BCUT2D eigenvalue weighted by Crippen LogP contribution is -2.55. The smallest absolute Gasteiger partial charge is 0.419 e. The zero-order valence-corrected chi connectivity index (χ0v) is 20.7. The van der Waals surface area contributed by atoms with E-state index >= 15 is 4.39 Å². The summed E-state index contributed by atoms with van der Waals surface area (Å²) in [6.45, 7) is 1.71. The molecule has 0 N–H and O–H groups in total. The van der Waals surface area contributed by atoms with Crippen LogP contribution in [0.1, 0.15) is 43.4 Å². The van der Waals surface area contributed by atoms with Crippen molar-refractivity contribution in [1.29, 1.82) is 5.26 Å². The summed E-state index contributed by atoms with van der Waals surface area (Å²) in [5, 5.41) is 8.98.